The second-order valence-electron chi connectivity index (χ2n) is 2.70. The number of hydrogen-bond acceptors (Lipinski definition) is 1. The van der Waals surface area contributed by atoms with Crippen molar-refractivity contribution in [3.63, 3.8) is 0 Å². The van der Waals surface area contributed by atoms with E-state index in [2.05, 4.69) is 0 Å². The molecule has 0 aromatic rings. The Morgan fingerprint density at radius 2 is 2.25 bits per heavy atom. The summed E-state index contributed by atoms with van der Waals surface area (Å²) in [5, 5.41) is 0. The average Bonchev–Trinajstić information content (AvgIpc) is 1.55. The number of rotatable bonds is 2. The minimum absolute atomic E-state index is 0.356. The first-order valence-corrected chi connectivity index (χ1v) is 3.28. The molecule has 1 heteroatoms. The smallest absolute Gasteiger partial charge is 0.130 e. The van der Waals surface area contributed by atoms with Crippen LogP contribution in [0.1, 0.15) is 32.6 Å². The molecule has 0 aromatic carbocycles. The summed E-state index contributed by atoms with van der Waals surface area (Å²) in [5.41, 5.74) is 0. The molecule has 0 heterocycles. The van der Waals surface area contributed by atoms with Gasteiger partial charge in [-0.25, -0.2) is 0 Å². The molecule has 0 atom stereocenters. The third-order valence-corrected chi connectivity index (χ3v) is 1.80. The van der Waals surface area contributed by atoms with Crippen LogP contribution in [0, 0.1) is 5.92 Å². The lowest BCUT2D eigenvalue weighted by Crippen LogP contribution is -2.13. The molecule has 1 fully saturated rings. The van der Waals surface area contributed by atoms with E-state index in [9.17, 15) is 4.79 Å². The number of carbonyl (C=O) groups excluding carboxylic acids is 1. The van der Waals surface area contributed by atoms with Gasteiger partial charge in [0.25, 0.3) is 0 Å². The molecule has 1 aliphatic carbocycles. The zero-order valence-corrected chi connectivity index (χ0v) is 5.31. The maximum absolute atomic E-state index is 10.4. The first-order valence-electron chi connectivity index (χ1n) is 3.28. The summed E-state index contributed by atoms with van der Waals surface area (Å²) in [6.07, 6.45) is 4.76. The number of Topliss-reactive ketones (excluding diaryl/α,β-unsaturated/α-hetero) is 1. The second-order valence-corrected chi connectivity index (χ2v) is 2.70. The lowest BCUT2D eigenvalue weighted by molar-refractivity contribution is -0.118. The van der Waals surface area contributed by atoms with E-state index in [1.165, 1.54) is 19.3 Å². The third-order valence-electron chi connectivity index (χ3n) is 1.80. The van der Waals surface area contributed by atoms with Gasteiger partial charge >= 0.3 is 0 Å². The van der Waals surface area contributed by atoms with Gasteiger partial charge in [0, 0.05) is 6.42 Å². The average molecular weight is 112 g/mol. The SMILES string of the molecule is CC(=O)CC1CCC1. The molecule has 0 unspecified atom stereocenters. The first-order chi connectivity index (χ1) is 3.79. The van der Waals surface area contributed by atoms with Gasteiger partial charge in [-0.3, -0.25) is 0 Å². The fourth-order valence-corrected chi connectivity index (χ4v) is 1.10. The van der Waals surface area contributed by atoms with E-state index in [0.717, 1.165) is 12.3 Å². The summed E-state index contributed by atoms with van der Waals surface area (Å²) in [6.45, 7) is 1.68. The summed E-state index contributed by atoms with van der Waals surface area (Å²) < 4.78 is 0. The van der Waals surface area contributed by atoms with Gasteiger partial charge in [0.05, 0.1) is 0 Å². The van der Waals surface area contributed by atoms with E-state index in [1.54, 1.807) is 6.92 Å². The Hall–Kier alpha value is -0.330. The standard InChI is InChI=1S/C7H12O/c1-6(8)5-7-3-2-4-7/h7H,2-5H2,1H3. The maximum atomic E-state index is 10.4. The van der Waals surface area contributed by atoms with Gasteiger partial charge in [-0.15, -0.1) is 0 Å². The van der Waals surface area contributed by atoms with Crippen molar-refractivity contribution in [3.8, 4) is 0 Å². The zero-order chi connectivity index (χ0) is 5.98. The Labute approximate surface area is 50.1 Å². The van der Waals surface area contributed by atoms with Crippen molar-refractivity contribution in [3.05, 3.63) is 0 Å². The highest BCUT2D eigenvalue weighted by molar-refractivity contribution is 5.75. The molecule has 46 valence electrons. The molecule has 1 rings (SSSR count). The summed E-state index contributed by atoms with van der Waals surface area (Å²) >= 11 is 0. The molecule has 0 N–H and O–H groups in total. The van der Waals surface area contributed by atoms with Crippen LogP contribution in [0.5, 0.6) is 0 Å². The van der Waals surface area contributed by atoms with Crippen molar-refractivity contribution >= 4 is 5.78 Å². The van der Waals surface area contributed by atoms with Gasteiger partial charge in [-0.2, -0.15) is 0 Å². The van der Waals surface area contributed by atoms with E-state index in [1.807, 2.05) is 0 Å². The van der Waals surface area contributed by atoms with Crippen LogP contribution in [0.4, 0.5) is 0 Å². The van der Waals surface area contributed by atoms with Crippen LogP contribution in [0.3, 0.4) is 0 Å². The van der Waals surface area contributed by atoms with Crippen molar-refractivity contribution < 1.29 is 4.79 Å². The molecule has 0 spiro atoms. The molecule has 0 amide bonds. The zero-order valence-electron chi connectivity index (χ0n) is 5.31. The molecular weight excluding hydrogens is 100 g/mol. The number of carbonyl (C=O) groups is 1. The predicted molar refractivity (Wildman–Crippen MR) is 32.6 cm³/mol. The Kier molecular flexibility index (Phi) is 1.66. The molecule has 0 radical (unpaired) electrons. The quantitative estimate of drug-likeness (QED) is 0.532. The van der Waals surface area contributed by atoms with Crippen LogP contribution in [-0.4, -0.2) is 5.78 Å². The van der Waals surface area contributed by atoms with Crippen molar-refractivity contribution in [2.75, 3.05) is 0 Å². The molecule has 0 saturated heterocycles. The van der Waals surface area contributed by atoms with Gasteiger partial charge in [0.2, 0.25) is 0 Å². The van der Waals surface area contributed by atoms with Gasteiger partial charge in [0.1, 0.15) is 5.78 Å². The fourth-order valence-electron chi connectivity index (χ4n) is 1.10. The second kappa shape index (κ2) is 2.29. The molecule has 0 aliphatic heterocycles. The highest BCUT2D eigenvalue weighted by atomic mass is 16.1. The molecule has 1 nitrogen and oxygen atoms in total. The predicted octanol–water partition coefficient (Wildman–Crippen LogP) is 1.77. The Balaban J connectivity index is 2.09. The minimum atomic E-state index is 0.356. The van der Waals surface area contributed by atoms with E-state index in [4.69, 9.17) is 0 Å². The van der Waals surface area contributed by atoms with Crippen molar-refractivity contribution in [2.45, 2.75) is 32.6 Å². The largest absolute Gasteiger partial charge is 0.300 e. The monoisotopic (exact) mass is 112 g/mol. The first kappa shape index (κ1) is 5.80. The Morgan fingerprint density at radius 3 is 2.38 bits per heavy atom. The van der Waals surface area contributed by atoms with Crippen molar-refractivity contribution in [2.24, 2.45) is 5.92 Å². The summed E-state index contributed by atoms with van der Waals surface area (Å²) in [7, 11) is 0. The van der Waals surface area contributed by atoms with Crippen LogP contribution in [0.25, 0.3) is 0 Å². The number of ketones is 1. The van der Waals surface area contributed by atoms with Crippen LogP contribution < -0.4 is 0 Å². The maximum Gasteiger partial charge on any atom is 0.130 e. The lowest BCUT2D eigenvalue weighted by atomic mass is 9.82. The van der Waals surface area contributed by atoms with E-state index >= 15 is 0 Å². The molecule has 1 aliphatic rings. The normalized spacial score (nSPS) is 20.1. The lowest BCUT2D eigenvalue weighted by Gasteiger charge is -2.23. The topological polar surface area (TPSA) is 17.1 Å². The molecule has 0 bridgehead atoms. The summed E-state index contributed by atoms with van der Waals surface area (Å²) in [5.74, 6) is 1.11. The Morgan fingerprint density at radius 1 is 1.62 bits per heavy atom. The fraction of sp³-hybridized carbons (Fsp3) is 0.857. The third kappa shape index (κ3) is 1.32. The van der Waals surface area contributed by atoms with E-state index < -0.39 is 0 Å². The van der Waals surface area contributed by atoms with Crippen molar-refractivity contribution in [1.82, 2.24) is 0 Å². The van der Waals surface area contributed by atoms with Gasteiger partial charge in [0.15, 0.2) is 0 Å². The summed E-state index contributed by atoms with van der Waals surface area (Å²) in [4.78, 5) is 10.4. The Bertz CT molecular complexity index is 92.6. The molecule has 1 saturated carbocycles. The van der Waals surface area contributed by atoms with Gasteiger partial charge in [-0.1, -0.05) is 19.3 Å². The number of hydrogen-bond donors (Lipinski definition) is 0. The highest BCUT2D eigenvalue weighted by Gasteiger charge is 2.18. The highest BCUT2D eigenvalue weighted by Crippen LogP contribution is 2.29. The molecule has 8 heavy (non-hydrogen) atoms. The molecule has 0 aromatic heterocycles. The van der Waals surface area contributed by atoms with Crippen LogP contribution in [0.2, 0.25) is 0 Å². The molecular formula is C7H12O. The van der Waals surface area contributed by atoms with Gasteiger partial charge < -0.3 is 4.79 Å². The van der Waals surface area contributed by atoms with Crippen LogP contribution in [0.15, 0.2) is 0 Å². The van der Waals surface area contributed by atoms with Gasteiger partial charge in [-0.05, 0) is 12.8 Å². The van der Waals surface area contributed by atoms with E-state index in [0.29, 0.717) is 5.78 Å². The minimum Gasteiger partial charge on any atom is -0.300 e. The van der Waals surface area contributed by atoms with Crippen LogP contribution >= 0.6 is 0 Å². The van der Waals surface area contributed by atoms with Crippen molar-refractivity contribution in [1.29, 1.82) is 0 Å². The summed E-state index contributed by atoms with van der Waals surface area (Å²) in [6, 6.07) is 0. The van der Waals surface area contributed by atoms with Crippen LogP contribution in [-0.2, 0) is 4.79 Å². The van der Waals surface area contributed by atoms with E-state index in [-0.39, 0.29) is 0 Å².